The van der Waals surface area contributed by atoms with Crippen LogP contribution in [-0.2, 0) is 0 Å². The molecule has 0 nitrogen and oxygen atoms in total. The van der Waals surface area contributed by atoms with Gasteiger partial charge in [0, 0.05) is 5.92 Å². The lowest BCUT2D eigenvalue weighted by atomic mass is 9.75. The Hall–Kier alpha value is -1.56. The van der Waals surface area contributed by atoms with Gasteiger partial charge in [0.1, 0.15) is 0 Å². The largest absolute Gasteiger partial charge is 0.0654 e. The van der Waals surface area contributed by atoms with Crippen LogP contribution in [0.2, 0.25) is 0 Å². The van der Waals surface area contributed by atoms with Gasteiger partial charge in [-0.05, 0) is 58.9 Å². The van der Waals surface area contributed by atoms with E-state index in [1.807, 2.05) is 0 Å². The molecular weight excluding hydrogens is 348 g/mol. The smallest absolute Gasteiger partial charge is 0.0133 e. The van der Waals surface area contributed by atoms with Crippen LogP contribution in [0.15, 0.2) is 42.5 Å². The third-order valence-electron chi connectivity index (χ3n) is 7.30. The lowest BCUT2D eigenvalue weighted by molar-refractivity contribution is 0.402. The Morgan fingerprint density at radius 3 is 2.07 bits per heavy atom. The maximum absolute atomic E-state index is 2.47. The van der Waals surface area contributed by atoms with Crippen molar-refractivity contribution in [3.8, 4) is 11.1 Å². The molecule has 0 bridgehead atoms. The summed E-state index contributed by atoms with van der Waals surface area (Å²) in [7, 11) is 0. The lowest BCUT2D eigenvalue weighted by Gasteiger charge is -2.28. The number of unbranched alkanes of at least 4 members (excludes halogenated alkanes) is 4. The molecule has 1 aliphatic carbocycles. The quantitative estimate of drug-likeness (QED) is 0.316. The Balaban J connectivity index is 2.02. The van der Waals surface area contributed by atoms with E-state index >= 15 is 0 Å². The van der Waals surface area contributed by atoms with Gasteiger partial charge in [-0.15, -0.1) is 0 Å². The molecule has 3 atom stereocenters. The molecule has 1 aliphatic rings. The monoisotopic (exact) mass is 390 g/mol. The normalized spacial score (nSPS) is 17.0. The molecule has 29 heavy (non-hydrogen) atoms. The first-order valence-corrected chi connectivity index (χ1v) is 12.5. The van der Waals surface area contributed by atoms with Crippen molar-refractivity contribution in [2.24, 2.45) is 5.92 Å². The maximum atomic E-state index is 2.47. The van der Waals surface area contributed by atoms with Crippen molar-refractivity contribution in [2.75, 3.05) is 0 Å². The van der Waals surface area contributed by atoms with Crippen molar-refractivity contribution in [3.05, 3.63) is 59.2 Å². The summed E-state index contributed by atoms with van der Waals surface area (Å²) in [4.78, 5) is 0. The van der Waals surface area contributed by atoms with E-state index in [4.69, 9.17) is 0 Å². The molecule has 0 radical (unpaired) electrons. The fourth-order valence-corrected chi connectivity index (χ4v) is 5.66. The molecule has 2 aromatic rings. The molecule has 0 heteroatoms. The number of hydrogen-bond donors (Lipinski definition) is 0. The van der Waals surface area contributed by atoms with Gasteiger partial charge in [0.25, 0.3) is 0 Å². The van der Waals surface area contributed by atoms with E-state index in [0.717, 1.165) is 5.92 Å². The highest BCUT2D eigenvalue weighted by molar-refractivity contribution is 5.80. The highest BCUT2D eigenvalue weighted by Crippen LogP contribution is 2.53. The molecule has 0 spiro atoms. The first-order chi connectivity index (χ1) is 14.3. The fourth-order valence-electron chi connectivity index (χ4n) is 5.66. The zero-order valence-electron chi connectivity index (χ0n) is 19.3. The Morgan fingerprint density at radius 1 is 0.690 bits per heavy atom. The van der Waals surface area contributed by atoms with Gasteiger partial charge in [-0.2, -0.15) is 0 Å². The van der Waals surface area contributed by atoms with Gasteiger partial charge in [-0.3, -0.25) is 0 Å². The number of benzene rings is 2. The van der Waals surface area contributed by atoms with Gasteiger partial charge in [-0.1, -0.05) is 115 Å². The average molecular weight is 391 g/mol. The average Bonchev–Trinajstić information content (AvgIpc) is 3.09. The first kappa shape index (κ1) is 22.1. The van der Waals surface area contributed by atoms with Gasteiger partial charge in [-0.25, -0.2) is 0 Å². The summed E-state index contributed by atoms with van der Waals surface area (Å²) in [5.41, 5.74) is 8.00. The maximum Gasteiger partial charge on any atom is 0.0133 e. The second kappa shape index (κ2) is 11.0. The second-order valence-electron chi connectivity index (χ2n) is 9.14. The van der Waals surface area contributed by atoms with E-state index < -0.39 is 0 Å². The van der Waals surface area contributed by atoms with Crippen molar-refractivity contribution >= 4 is 0 Å². The van der Waals surface area contributed by atoms with Crippen LogP contribution >= 0.6 is 0 Å². The fraction of sp³-hybridized carbons (Fsp3) is 0.586. The Labute approximate surface area is 180 Å². The summed E-state index contributed by atoms with van der Waals surface area (Å²) in [6.45, 7) is 9.45. The zero-order chi connectivity index (χ0) is 20.6. The van der Waals surface area contributed by atoms with Crippen LogP contribution in [0.25, 0.3) is 11.1 Å². The Morgan fingerprint density at radius 2 is 1.38 bits per heavy atom. The van der Waals surface area contributed by atoms with E-state index in [1.165, 1.54) is 75.3 Å². The molecule has 0 aromatic heterocycles. The van der Waals surface area contributed by atoms with Crippen molar-refractivity contribution < 1.29 is 0 Å². The molecule has 0 heterocycles. The molecule has 0 saturated carbocycles. The van der Waals surface area contributed by atoms with E-state index in [0.29, 0.717) is 11.8 Å². The highest BCUT2D eigenvalue weighted by Gasteiger charge is 2.36. The van der Waals surface area contributed by atoms with Crippen LogP contribution in [0.3, 0.4) is 0 Å². The van der Waals surface area contributed by atoms with Crippen molar-refractivity contribution in [3.63, 3.8) is 0 Å². The minimum absolute atomic E-state index is 0.597. The van der Waals surface area contributed by atoms with Gasteiger partial charge < -0.3 is 0 Å². The SMILES string of the molecule is CCCCCC(CC)c1cccc2c1C(C(CC)CCCCC)c1ccccc1-2. The molecule has 0 N–H and O–H groups in total. The minimum atomic E-state index is 0.597. The van der Waals surface area contributed by atoms with Crippen LogP contribution < -0.4 is 0 Å². The molecule has 2 aromatic carbocycles. The molecular formula is C29H42. The van der Waals surface area contributed by atoms with Crippen molar-refractivity contribution in [2.45, 2.75) is 104 Å². The minimum Gasteiger partial charge on any atom is -0.0654 e. The standard InChI is InChI=1S/C29H42/c1-5-9-11-16-22(7-3)24-20-15-21-27-25-18-13-14-19-26(25)28(29(24)27)23(8-4)17-12-10-6-2/h13-15,18-23,28H,5-12,16-17H2,1-4H3. The topological polar surface area (TPSA) is 0 Å². The molecule has 0 fully saturated rings. The molecule has 0 aliphatic heterocycles. The summed E-state index contributed by atoms with van der Waals surface area (Å²) in [5.74, 6) is 2.07. The summed E-state index contributed by atoms with van der Waals surface area (Å²) >= 11 is 0. The summed E-state index contributed by atoms with van der Waals surface area (Å²) in [6.07, 6.45) is 13.3. The summed E-state index contributed by atoms with van der Waals surface area (Å²) < 4.78 is 0. The van der Waals surface area contributed by atoms with Gasteiger partial charge in [0.2, 0.25) is 0 Å². The predicted octanol–water partition coefficient (Wildman–Crippen LogP) is 9.48. The van der Waals surface area contributed by atoms with E-state index in [2.05, 4.69) is 70.2 Å². The summed E-state index contributed by atoms with van der Waals surface area (Å²) in [5, 5.41) is 0. The van der Waals surface area contributed by atoms with E-state index in [-0.39, 0.29) is 0 Å². The van der Waals surface area contributed by atoms with Crippen molar-refractivity contribution in [1.82, 2.24) is 0 Å². The van der Waals surface area contributed by atoms with Gasteiger partial charge in [0.05, 0.1) is 0 Å². The zero-order valence-corrected chi connectivity index (χ0v) is 19.3. The third-order valence-corrected chi connectivity index (χ3v) is 7.30. The first-order valence-electron chi connectivity index (χ1n) is 12.5. The predicted molar refractivity (Wildman–Crippen MR) is 129 cm³/mol. The highest BCUT2D eigenvalue weighted by atomic mass is 14.4. The van der Waals surface area contributed by atoms with E-state index in [9.17, 15) is 0 Å². The lowest BCUT2D eigenvalue weighted by Crippen LogP contribution is -2.15. The Bertz CT molecular complexity index is 756. The molecule has 158 valence electrons. The van der Waals surface area contributed by atoms with Gasteiger partial charge >= 0.3 is 0 Å². The number of hydrogen-bond acceptors (Lipinski definition) is 0. The van der Waals surface area contributed by atoms with Crippen LogP contribution in [0.1, 0.15) is 120 Å². The molecule has 3 rings (SSSR count). The van der Waals surface area contributed by atoms with Crippen LogP contribution in [0, 0.1) is 5.92 Å². The van der Waals surface area contributed by atoms with Crippen LogP contribution in [-0.4, -0.2) is 0 Å². The molecule has 3 unspecified atom stereocenters. The van der Waals surface area contributed by atoms with Crippen molar-refractivity contribution in [1.29, 1.82) is 0 Å². The number of rotatable bonds is 12. The van der Waals surface area contributed by atoms with Crippen LogP contribution in [0.5, 0.6) is 0 Å². The third kappa shape index (κ3) is 4.79. The Kier molecular flexibility index (Phi) is 8.40. The summed E-state index contributed by atoms with van der Waals surface area (Å²) in [6, 6.07) is 16.5. The second-order valence-corrected chi connectivity index (χ2v) is 9.14. The molecule has 0 amide bonds. The van der Waals surface area contributed by atoms with Gasteiger partial charge in [0.15, 0.2) is 0 Å². The number of fused-ring (bicyclic) bond motifs is 3. The molecule has 0 saturated heterocycles. The van der Waals surface area contributed by atoms with E-state index in [1.54, 1.807) is 16.7 Å². The van der Waals surface area contributed by atoms with Crippen LogP contribution in [0.4, 0.5) is 0 Å².